The highest BCUT2D eigenvalue weighted by atomic mass is 35.5. The number of nitrogens with one attached hydrogen (secondary N) is 1. The molecule has 1 heterocycles. The summed E-state index contributed by atoms with van der Waals surface area (Å²) in [4.78, 5) is 31.6. The number of aliphatic imine (C=N–C) groups is 1. The second kappa shape index (κ2) is 11.3. The van der Waals surface area contributed by atoms with Crippen molar-refractivity contribution < 1.29 is 27.5 Å². The van der Waals surface area contributed by atoms with Gasteiger partial charge >= 0.3 is 6.36 Å². The van der Waals surface area contributed by atoms with Gasteiger partial charge in [0.25, 0.3) is 5.91 Å². The number of carbonyl (C=O) groups excluding carboxylic acids is 2. The number of alkyl halides is 3. The van der Waals surface area contributed by atoms with Crippen LogP contribution < -0.4 is 15.0 Å². The Morgan fingerprint density at radius 3 is 2.41 bits per heavy atom. The summed E-state index contributed by atoms with van der Waals surface area (Å²) in [5.41, 5.74) is 1.45. The molecule has 0 bridgehead atoms. The molecule has 2 amide bonds. The summed E-state index contributed by atoms with van der Waals surface area (Å²) in [6.45, 7) is 0. The van der Waals surface area contributed by atoms with Crippen molar-refractivity contribution in [3.8, 4) is 5.75 Å². The van der Waals surface area contributed by atoms with E-state index in [0.717, 1.165) is 23.9 Å². The zero-order valence-electron chi connectivity index (χ0n) is 18.6. The molecule has 37 heavy (non-hydrogen) atoms. The van der Waals surface area contributed by atoms with Gasteiger partial charge in [-0.05, 0) is 54.1 Å². The van der Waals surface area contributed by atoms with Crippen molar-refractivity contribution in [2.45, 2.75) is 6.36 Å². The number of para-hydroxylation sites is 1. The largest absolute Gasteiger partial charge is 0.573 e. The van der Waals surface area contributed by atoms with E-state index in [1.165, 1.54) is 23.1 Å². The van der Waals surface area contributed by atoms with E-state index in [1.807, 2.05) is 0 Å². The number of thioether (sulfide) groups is 1. The van der Waals surface area contributed by atoms with Crippen molar-refractivity contribution in [1.29, 1.82) is 0 Å². The average Bonchev–Trinajstić information content (AvgIpc) is 3.16. The number of benzene rings is 3. The molecule has 190 valence electrons. The van der Waals surface area contributed by atoms with Crippen molar-refractivity contribution in [3.05, 3.63) is 94.1 Å². The topological polar surface area (TPSA) is 71.0 Å². The Kier molecular flexibility index (Phi) is 8.11. The standard InChI is InChI=1S/C25H16Cl2F3N3O3S/c26-19-8-4-5-15(22(19)27)13-20-23(35)33(17-6-2-1-3-7-17)24(32-20)37-14-21(34)31-16-9-11-18(12-10-16)36-25(28,29)30/h1-13H,14H2,(H,31,34)/b20-13+. The fourth-order valence-electron chi connectivity index (χ4n) is 3.24. The monoisotopic (exact) mass is 565 g/mol. The van der Waals surface area contributed by atoms with E-state index in [4.69, 9.17) is 23.2 Å². The first-order valence-corrected chi connectivity index (χ1v) is 12.3. The molecule has 3 aromatic carbocycles. The van der Waals surface area contributed by atoms with Gasteiger partial charge in [-0.1, -0.05) is 65.3 Å². The number of ether oxygens (including phenoxy) is 1. The second-order valence-corrected chi connectivity index (χ2v) is 9.18. The van der Waals surface area contributed by atoms with Crippen LogP contribution in [0.3, 0.4) is 0 Å². The molecule has 12 heteroatoms. The van der Waals surface area contributed by atoms with Gasteiger partial charge in [-0.2, -0.15) is 0 Å². The summed E-state index contributed by atoms with van der Waals surface area (Å²) in [5.74, 6) is -1.39. The summed E-state index contributed by atoms with van der Waals surface area (Å²) < 4.78 is 40.8. The van der Waals surface area contributed by atoms with E-state index in [-0.39, 0.29) is 27.3 Å². The minimum atomic E-state index is -4.81. The van der Waals surface area contributed by atoms with Gasteiger partial charge in [-0.3, -0.25) is 14.5 Å². The van der Waals surface area contributed by atoms with Gasteiger partial charge in [0.2, 0.25) is 5.91 Å². The molecule has 6 nitrogen and oxygen atoms in total. The third-order valence-electron chi connectivity index (χ3n) is 4.82. The Hall–Kier alpha value is -3.47. The van der Waals surface area contributed by atoms with E-state index in [1.54, 1.807) is 48.5 Å². The Morgan fingerprint density at radius 1 is 1.03 bits per heavy atom. The number of amidine groups is 1. The molecule has 0 fully saturated rings. The first-order chi connectivity index (χ1) is 17.6. The smallest absolute Gasteiger partial charge is 0.406 e. The normalized spacial score (nSPS) is 14.6. The van der Waals surface area contributed by atoms with Crippen LogP contribution in [-0.4, -0.2) is 29.1 Å². The summed E-state index contributed by atoms with van der Waals surface area (Å²) >= 11 is 13.4. The van der Waals surface area contributed by atoms with E-state index >= 15 is 0 Å². The van der Waals surface area contributed by atoms with Crippen molar-refractivity contribution in [3.63, 3.8) is 0 Å². The van der Waals surface area contributed by atoms with Crippen LogP contribution in [0.1, 0.15) is 5.56 Å². The Labute approximate surface area is 223 Å². The highest BCUT2D eigenvalue weighted by molar-refractivity contribution is 8.14. The molecular formula is C25H16Cl2F3N3O3S. The van der Waals surface area contributed by atoms with Gasteiger partial charge in [-0.15, -0.1) is 13.2 Å². The number of halogens is 5. The lowest BCUT2D eigenvalue weighted by Gasteiger charge is -2.17. The minimum absolute atomic E-state index is 0.108. The molecule has 4 rings (SSSR count). The number of carbonyl (C=O) groups is 2. The summed E-state index contributed by atoms with van der Waals surface area (Å²) in [5, 5.41) is 3.46. The lowest BCUT2D eigenvalue weighted by atomic mass is 10.2. The van der Waals surface area contributed by atoms with Gasteiger partial charge in [0.15, 0.2) is 5.17 Å². The first kappa shape index (κ1) is 26.6. The number of hydrogen-bond acceptors (Lipinski definition) is 5. The number of nitrogens with zero attached hydrogens (tertiary/aromatic N) is 2. The zero-order chi connectivity index (χ0) is 26.6. The molecule has 0 unspecified atom stereocenters. The van der Waals surface area contributed by atoms with Crippen LogP contribution in [0.5, 0.6) is 5.75 Å². The maximum atomic E-state index is 13.2. The first-order valence-electron chi connectivity index (χ1n) is 10.5. The molecule has 0 saturated heterocycles. The van der Waals surface area contributed by atoms with Crippen molar-refractivity contribution in [2.24, 2.45) is 4.99 Å². The van der Waals surface area contributed by atoms with Crippen LogP contribution in [-0.2, 0) is 9.59 Å². The number of rotatable bonds is 6. The van der Waals surface area contributed by atoms with Crippen molar-refractivity contribution >= 4 is 69.4 Å². The van der Waals surface area contributed by atoms with Gasteiger partial charge < -0.3 is 10.1 Å². The maximum absolute atomic E-state index is 13.2. The summed E-state index contributed by atoms with van der Waals surface area (Å²) in [6, 6.07) is 18.5. The van der Waals surface area contributed by atoms with E-state index in [9.17, 15) is 22.8 Å². The van der Waals surface area contributed by atoms with Gasteiger partial charge in [0, 0.05) is 5.69 Å². The molecule has 0 spiro atoms. The summed E-state index contributed by atoms with van der Waals surface area (Å²) in [7, 11) is 0. The van der Waals surface area contributed by atoms with Crippen LogP contribution in [0.2, 0.25) is 10.0 Å². The molecule has 0 aliphatic carbocycles. The van der Waals surface area contributed by atoms with Crippen LogP contribution in [0.25, 0.3) is 6.08 Å². The molecule has 0 radical (unpaired) electrons. The lowest BCUT2D eigenvalue weighted by molar-refractivity contribution is -0.274. The quantitative estimate of drug-likeness (QED) is 0.326. The third kappa shape index (κ3) is 6.85. The number of hydrogen-bond donors (Lipinski definition) is 1. The Bertz CT molecular complexity index is 1380. The van der Waals surface area contributed by atoms with E-state index < -0.39 is 23.9 Å². The lowest BCUT2D eigenvalue weighted by Crippen LogP contribution is -2.31. The van der Waals surface area contributed by atoms with E-state index in [0.29, 0.717) is 16.3 Å². The zero-order valence-corrected chi connectivity index (χ0v) is 21.0. The number of anilines is 2. The van der Waals surface area contributed by atoms with Crippen LogP contribution in [0, 0.1) is 0 Å². The van der Waals surface area contributed by atoms with Gasteiger partial charge in [0.1, 0.15) is 11.4 Å². The third-order valence-corrected chi connectivity index (χ3v) is 6.59. The van der Waals surface area contributed by atoms with Crippen molar-refractivity contribution in [2.75, 3.05) is 16.0 Å². The number of amides is 2. The maximum Gasteiger partial charge on any atom is 0.573 e. The predicted octanol–water partition coefficient (Wildman–Crippen LogP) is 7.01. The molecule has 1 N–H and O–H groups in total. The SMILES string of the molecule is O=C(CSC1=N/C(=C/c2cccc(Cl)c2Cl)C(=O)N1c1ccccc1)Nc1ccc(OC(F)(F)F)cc1. The molecule has 0 atom stereocenters. The highest BCUT2D eigenvalue weighted by Gasteiger charge is 2.33. The van der Waals surface area contributed by atoms with E-state index in [2.05, 4.69) is 15.0 Å². The van der Waals surface area contributed by atoms with Crippen molar-refractivity contribution in [1.82, 2.24) is 0 Å². The van der Waals surface area contributed by atoms with Crippen LogP contribution in [0.15, 0.2) is 83.5 Å². The fraction of sp³-hybridized carbons (Fsp3) is 0.0800. The highest BCUT2D eigenvalue weighted by Crippen LogP contribution is 2.32. The molecule has 3 aromatic rings. The molecule has 0 saturated carbocycles. The van der Waals surface area contributed by atoms with Gasteiger partial charge in [0.05, 0.1) is 21.5 Å². The molecule has 0 aromatic heterocycles. The molecule has 1 aliphatic rings. The predicted molar refractivity (Wildman–Crippen MR) is 140 cm³/mol. The second-order valence-electron chi connectivity index (χ2n) is 7.45. The van der Waals surface area contributed by atoms with Crippen LogP contribution >= 0.6 is 35.0 Å². The van der Waals surface area contributed by atoms with Gasteiger partial charge in [-0.25, -0.2) is 4.99 Å². The molecule has 1 aliphatic heterocycles. The van der Waals surface area contributed by atoms with Crippen LogP contribution in [0.4, 0.5) is 24.5 Å². The molecular weight excluding hydrogens is 550 g/mol. The average molecular weight is 566 g/mol. The minimum Gasteiger partial charge on any atom is -0.406 e. The fourth-order valence-corrected chi connectivity index (χ4v) is 4.42. The Balaban J connectivity index is 1.50. The summed E-state index contributed by atoms with van der Waals surface area (Å²) in [6.07, 6.45) is -3.29. The Morgan fingerprint density at radius 2 is 1.73 bits per heavy atom.